The summed E-state index contributed by atoms with van der Waals surface area (Å²) in [7, 11) is 0. The molecule has 1 aromatic heterocycles. The van der Waals surface area contributed by atoms with Crippen LogP contribution in [0.25, 0.3) is 10.9 Å². The molecule has 6 nitrogen and oxygen atoms in total. The fourth-order valence-electron chi connectivity index (χ4n) is 2.70. The van der Waals surface area contributed by atoms with Gasteiger partial charge in [0.1, 0.15) is 6.04 Å². The van der Waals surface area contributed by atoms with Crippen LogP contribution in [0.15, 0.2) is 36.9 Å². The van der Waals surface area contributed by atoms with Crippen molar-refractivity contribution < 1.29 is 14.7 Å². The summed E-state index contributed by atoms with van der Waals surface area (Å²) in [5.41, 5.74) is 0.508. The SMILES string of the molecule is C=CCCCn1nc(C(=O)NC(C(=O)O)C(C)(C)C)c2ccccc21. The number of allylic oxidation sites excluding steroid dienone is 1. The van der Waals surface area contributed by atoms with Crippen molar-refractivity contribution in [3.8, 4) is 0 Å². The lowest BCUT2D eigenvalue weighted by Gasteiger charge is -2.27. The maximum atomic E-state index is 12.7. The van der Waals surface area contributed by atoms with Gasteiger partial charge in [-0.25, -0.2) is 4.79 Å². The highest BCUT2D eigenvalue weighted by Crippen LogP contribution is 2.22. The Morgan fingerprint density at radius 1 is 1.36 bits per heavy atom. The molecule has 0 aliphatic heterocycles. The molecule has 0 fully saturated rings. The molecule has 0 aliphatic rings. The van der Waals surface area contributed by atoms with Crippen LogP contribution in [0.4, 0.5) is 0 Å². The van der Waals surface area contributed by atoms with Gasteiger partial charge >= 0.3 is 5.97 Å². The quantitative estimate of drug-likeness (QED) is 0.597. The molecule has 1 unspecified atom stereocenters. The summed E-state index contributed by atoms with van der Waals surface area (Å²) in [6.45, 7) is 9.71. The molecule has 1 aromatic carbocycles. The Morgan fingerprint density at radius 2 is 2.04 bits per heavy atom. The first-order valence-electron chi connectivity index (χ1n) is 8.36. The highest BCUT2D eigenvalue weighted by molar-refractivity contribution is 6.06. The van der Waals surface area contributed by atoms with E-state index in [2.05, 4.69) is 17.0 Å². The number of hydrogen-bond acceptors (Lipinski definition) is 3. The van der Waals surface area contributed by atoms with Crippen LogP contribution < -0.4 is 5.32 Å². The molecule has 0 spiro atoms. The van der Waals surface area contributed by atoms with E-state index >= 15 is 0 Å². The molecule has 0 aliphatic carbocycles. The van der Waals surface area contributed by atoms with Crippen molar-refractivity contribution in [3.63, 3.8) is 0 Å². The molecule has 2 rings (SSSR count). The molecule has 2 aromatic rings. The molecule has 134 valence electrons. The van der Waals surface area contributed by atoms with Gasteiger partial charge in [0.05, 0.1) is 5.52 Å². The van der Waals surface area contributed by atoms with E-state index in [1.54, 1.807) is 25.5 Å². The average molecular weight is 343 g/mol. The number of hydrogen-bond donors (Lipinski definition) is 2. The second-order valence-electron chi connectivity index (χ2n) is 7.13. The summed E-state index contributed by atoms with van der Waals surface area (Å²) in [6.07, 6.45) is 3.58. The van der Waals surface area contributed by atoms with Gasteiger partial charge in [0.2, 0.25) is 0 Å². The van der Waals surface area contributed by atoms with Crippen molar-refractivity contribution in [2.24, 2.45) is 5.41 Å². The maximum absolute atomic E-state index is 12.7. The van der Waals surface area contributed by atoms with Crippen LogP contribution in [0.3, 0.4) is 0 Å². The molecule has 1 atom stereocenters. The maximum Gasteiger partial charge on any atom is 0.326 e. The predicted molar refractivity (Wildman–Crippen MR) is 97.5 cm³/mol. The Hall–Kier alpha value is -2.63. The number of nitrogens with zero attached hydrogens (tertiary/aromatic N) is 2. The zero-order valence-corrected chi connectivity index (χ0v) is 15.0. The minimum Gasteiger partial charge on any atom is -0.480 e. The lowest BCUT2D eigenvalue weighted by atomic mass is 9.86. The normalized spacial score (nSPS) is 12.8. The smallest absolute Gasteiger partial charge is 0.326 e. The summed E-state index contributed by atoms with van der Waals surface area (Å²) < 4.78 is 1.79. The number of benzene rings is 1. The van der Waals surface area contributed by atoms with Gasteiger partial charge in [-0.2, -0.15) is 5.10 Å². The highest BCUT2D eigenvalue weighted by Gasteiger charge is 2.33. The molecule has 2 N–H and O–H groups in total. The molecular weight excluding hydrogens is 318 g/mol. The lowest BCUT2D eigenvalue weighted by Crippen LogP contribution is -2.49. The van der Waals surface area contributed by atoms with Crippen LogP contribution in [0.5, 0.6) is 0 Å². The van der Waals surface area contributed by atoms with E-state index in [0.29, 0.717) is 6.54 Å². The number of aromatic nitrogens is 2. The summed E-state index contributed by atoms with van der Waals surface area (Å²) in [6, 6.07) is 6.47. The Morgan fingerprint density at radius 3 is 2.64 bits per heavy atom. The standard InChI is InChI=1S/C19H25N3O3/c1-5-6-9-12-22-14-11-8-7-10-13(14)15(21-22)17(23)20-16(18(24)25)19(2,3)4/h5,7-8,10-11,16H,1,6,9,12H2,2-4H3,(H,20,23)(H,24,25). The van der Waals surface area contributed by atoms with Crippen LogP contribution in [0.1, 0.15) is 44.1 Å². The molecular formula is C19H25N3O3. The minimum absolute atomic E-state index is 0.254. The molecule has 6 heteroatoms. The third kappa shape index (κ3) is 4.26. The number of rotatable bonds is 7. The van der Waals surface area contributed by atoms with Gasteiger partial charge < -0.3 is 10.4 Å². The van der Waals surface area contributed by atoms with E-state index in [1.807, 2.05) is 30.3 Å². The number of para-hydroxylation sites is 1. The summed E-state index contributed by atoms with van der Waals surface area (Å²) in [5.74, 6) is -1.53. The fourth-order valence-corrected chi connectivity index (χ4v) is 2.70. The number of unbranched alkanes of at least 4 members (excludes halogenated alkanes) is 1. The van der Waals surface area contributed by atoms with Crippen LogP contribution in [-0.4, -0.2) is 32.8 Å². The number of carboxylic acids is 1. The third-order valence-corrected chi connectivity index (χ3v) is 4.04. The monoisotopic (exact) mass is 343 g/mol. The highest BCUT2D eigenvalue weighted by atomic mass is 16.4. The first-order valence-corrected chi connectivity index (χ1v) is 8.36. The molecule has 0 bridgehead atoms. The Bertz CT molecular complexity index is 787. The van der Waals surface area contributed by atoms with Gasteiger partial charge in [-0.1, -0.05) is 45.0 Å². The summed E-state index contributed by atoms with van der Waals surface area (Å²) in [5, 5.41) is 17.2. The average Bonchev–Trinajstić information content (AvgIpc) is 2.90. The minimum atomic E-state index is -1.06. The number of nitrogens with one attached hydrogen (secondary N) is 1. The number of carbonyl (C=O) groups is 2. The van der Waals surface area contributed by atoms with Gasteiger partial charge in [0.25, 0.3) is 5.91 Å². The van der Waals surface area contributed by atoms with E-state index in [1.165, 1.54) is 0 Å². The van der Waals surface area contributed by atoms with E-state index in [4.69, 9.17) is 0 Å². The number of carbonyl (C=O) groups excluding carboxylic acids is 1. The number of carboxylic acid groups (broad SMARTS) is 1. The van der Waals surface area contributed by atoms with E-state index in [0.717, 1.165) is 23.7 Å². The summed E-state index contributed by atoms with van der Waals surface area (Å²) >= 11 is 0. The Kier molecular flexibility index (Phi) is 5.62. The van der Waals surface area contributed by atoms with Gasteiger partial charge in [-0.3, -0.25) is 9.48 Å². The first-order chi connectivity index (χ1) is 11.8. The molecule has 25 heavy (non-hydrogen) atoms. The Labute approximate surface area is 147 Å². The molecule has 1 heterocycles. The number of aliphatic carboxylic acids is 1. The van der Waals surface area contributed by atoms with Crippen molar-refractivity contribution in [1.29, 1.82) is 0 Å². The number of aryl methyl sites for hydroxylation is 1. The molecule has 0 saturated carbocycles. The van der Waals surface area contributed by atoms with Gasteiger partial charge in [0, 0.05) is 11.9 Å². The molecule has 0 saturated heterocycles. The van der Waals surface area contributed by atoms with Crippen LogP contribution in [-0.2, 0) is 11.3 Å². The van der Waals surface area contributed by atoms with Crippen LogP contribution >= 0.6 is 0 Å². The largest absolute Gasteiger partial charge is 0.480 e. The summed E-state index contributed by atoms with van der Waals surface area (Å²) in [4.78, 5) is 24.2. The third-order valence-electron chi connectivity index (χ3n) is 4.04. The van der Waals surface area contributed by atoms with E-state index in [-0.39, 0.29) is 5.69 Å². The zero-order valence-electron chi connectivity index (χ0n) is 15.0. The second-order valence-corrected chi connectivity index (χ2v) is 7.13. The molecule has 1 amide bonds. The topological polar surface area (TPSA) is 84.2 Å². The van der Waals surface area contributed by atoms with Crippen LogP contribution in [0.2, 0.25) is 0 Å². The van der Waals surface area contributed by atoms with Gasteiger partial charge in [-0.05, 0) is 24.3 Å². The van der Waals surface area contributed by atoms with Crippen molar-refractivity contribution in [3.05, 3.63) is 42.6 Å². The molecule has 0 radical (unpaired) electrons. The number of amides is 1. The van der Waals surface area contributed by atoms with Gasteiger partial charge in [-0.15, -0.1) is 6.58 Å². The van der Waals surface area contributed by atoms with Crippen molar-refractivity contribution in [1.82, 2.24) is 15.1 Å². The van der Waals surface area contributed by atoms with Gasteiger partial charge in [0.15, 0.2) is 5.69 Å². The van der Waals surface area contributed by atoms with E-state index in [9.17, 15) is 14.7 Å². The van der Waals surface area contributed by atoms with Crippen molar-refractivity contribution in [2.45, 2.75) is 46.2 Å². The number of fused-ring (bicyclic) bond motifs is 1. The fraction of sp³-hybridized carbons (Fsp3) is 0.421. The second kappa shape index (κ2) is 7.51. The predicted octanol–water partition coefficient (Wildman–Crippen LogP) is 3.23. The lowest BCUT2D eigenvalue weighted by molar-refractivity contribution is -0.142. The first kappa shape index (κ1) is 18.7. The zero-order chi connectivity index (χ0) is 18.6. The van der Waals surface area contributed by atoms with Crippen molar-refractivity contribution in [2.75, 3.05) is 0 Å². The van der Waals surface area contributed by atoms with Crippen molar-refractivity contribution >= 4 is 22.8 Å². The van der Waals surface area contributed by atoms with Crippen LogP contribution in [0, 0.1) is 5.41 Å². The van der Waals surface area contributed by atoms with E-state index < -0.39 is 23.3 Å². The Balaban J connectivity index is 2.34.